The molecule has 394 valence electrons. The highest BCUT2D eigenvalue weighted by Gasteiger charge is 2.38. The van der Waals surface area contributed by atoms with Crippen LogP contribution in [0.1, 0.15) is 117 Å². The van der Waals surface area contributed by atoms with Gasteiger partial charge in [0.05, 0.1) is 37.0 Å². The minimum atomic E-state index is -1.06. The Morgan fingerprint density at radius 3 is 2.30 bits per heavy atom. The minimum absolute atomic E-state index is 0.0278. The number of carbonyl (C=O) groups excluding carboxylic acids is 5. The quantitative estimate of drug-likeness (QED) is 0.0670. The second-order valence-corrected chi connectivity index (χ2v) is 18.5. The van der Waals surface area contributed by atoms with Gasteiger partial charge in [0.25, 0.3) is 0 Å². The molecule has 1 aliphatic rings. The molecule has 6 bridgehead atoms. The van der Waals surface area contributed by atoms with Gasteiger partial charge in [-0.2, -0.15) is 0 Å². The number of nitrogens with zero attached hydrogens (tertiary/aromatic N) is 4. The summed E-state index contributed by atoms with van der Waals surface area (Å²) in [5.41, 5.74) is 1.27. The molecule has 20 heteroatoms. The number of ketones is 1. The Hall–Kier alpha value is -5.54. The third-order valence-electron chi connectivity index (χ3n) is 13.0. The Kier molecular flexibility index (Phi) is 23.8. The summed E-state index contributed by atoms with van der Waals surface area (Å²) in [5.74, 6) is -2.96. The van der Waals surface area contributed by atoms with Crippen molar-refractivity contribution in [3.05, 3.63) is 48.7 Å². The fourth-order valence-corrected chi connectivity index (χ4v) is 8.57. The van der Waals surface area contributed by atoms with Crippen LogP contribution in [0, 0.1) is 23.7 Å². The van der Waals surface area contributed by atoms with Gasteiger partial charge in [0, 0.05) is 91.5 Å². The SMILES string of the molecule is COCC(OC)C(=O)OC(CCC(C)C(CC1OC(=O)CC(O)CCCC(=O)CC(C)c2coc(n2)-c2coc(n2)-c2coc(n2)/C=C\CC(OC)C1C)OC)C(C)C(OC(C)=O)C(C)/C=C/N(C)C=O. The van der Waals surface area contributed by atoms with Crippen molar-refractivity contribution in [1.29, 1.82) is 0 Å². The van der Waals surface area contributed by atoms with Crippen LogP contribution in [0.2, 0.25) is 0 Å². The molecule has 1 amide bonds. The van der Waals surface area contributed by atoms with Crippen LogP contribution in [0.15, 0.2) is 50.4 Å². The van der Waals surface area contributed by atoms with Gasteiger partial charge in [-0.3, -0.25) is 19.2 Å². The van der Waals surface area contributed by atoms with Gasteiger partial charge in [-0.15, -0.1) is 0 Å². The van der Waals surface area contributed by atoms with Crippen LogP contribution in [-0.4, -0.2) is 140 Å². The number of amides is 1. The monoisotopic (exact) mass is 999 g/mol. The zero-order valence-corrected chi connectivity index (χ0v) is 43.0. The molecule has 71 heavy (non-hydrogen) atoms. The molecule has 0 aliphatic carbocycles. The third kappa shape index (κ3) is 17.9. The van der Waals surface area contributed by atoms with Crippen LogP contribution < -0.4 is 0 Å². The van der Waals surface area contributed by atoms with Crippen molar-refractivity contribution in [2.24, 2.45) is 23.7 Å². The average Bonchev–Trinajstić information content (AvgIpc) is 4.14. The van der Waals surface area contributed by atoms with E-state index in [1.165, 1.54) is 44.8 Å². The molecule has 1 N–H and O–H groups in total. The number of aliphatic hydroxyl groups is 1. The Bertz CT molecular complexity index is 2180. The Balaban J connectivity index is 1.59. The first kappa shape index (κ1) is 58.0. The number of Topliss-reactive ketones (excluding diaryl/α,β-unsaturated/α-hetero) is 1. The molecule has 3 aromatic heterocycles. The standard InChI is InChI=1S/C51H74N4O16/c1-30(18-19-42(71-51(61)45(65-11)28-62-8)34(5)48(69-35(6)57)31(2)20-21-55(7)29-56)43(64-10)24-44-33(4)41(63-9)16-13-17-46-52-39(26-66-46)49-54-40(27-68-49)50-53-38(25-67-50)32(3)22-36(58)14-12-15-37(59)23-47(60)70-44/h13,17,20-21,25-27,29-34,37,41-45,48,59H,12,14-16,18-19,22-24,28H2,1-11H3/b17-13-,21-20+. The van der Waals surface area contributed by atoms with E-state index in [4.69, 9.17) is 46.4 Å². The maximum Gasteiger partial charge on any atom is 0.337 e. The second-order valence-electron chi connectivity index (χ2n) is 18.5. The fraction of sp³-hybridized carbons (Fsp3) is 0.647. The van der Waals surface area contributed by atoms with Crippen LogP contribution in [0.25, 0.3) is 29.2 Å². The predicted octanol–water partition coefficient (Wildman–Crippen LogP) is 7.15. The first-order chi connectivity index (χ1) is 33.9. The van der Waals surface area contributed by atoms with E-state index in [1.54, 1.807) is 39.6 Å². The maximum absolute atomic E-state index is 13.7. The Labute approximate surface area is 416 Å². The molecule has 20 nitrogen and oxygen atoms in total. The number of rotatable bonds is 20. The first-order valence-corrected chi connectivity index (χ1v) is 24.1. The number of hydrogen-bond acceptors (Lipinski definition) is 19. The summed E-state index contributed by atoms with van der Waals surface area (Å²) >= 11 is 0. The van der Waals surface area contributed by atoms with Crippen LogP contribution in [0.5, 0.6) is 0 Å². The first-order valence-electron chi connectivity index (χ1n) is 24.1. The zero-order valence-electron chi connectivity index (χ0n) is 43.0. The lowest BCUT2D eigenvalue weighted by Crippen LogP contribution is -2.42. The number of carbonyl (C=O) groups is 5. The summed E-state index contributed by atoms with van der Waals surface area (Å²) < 4.78 is 57.9. The molecule has 0 aromatic carbocycles. The summed E-state index contributed by atoms with van der Waals surface area (Å²) in [7, 11) is 7.54. The van der Waals surface area contributed by atoms with E-state index in [0.717, 1.165) is 0 Å². The van der Waals surface area contributed by atoms with Gasteiger partial charge in [-0.25, -0.2) is 19.7 Å². The lowest BCUT2D eigenvalue weighted by Gasteiger charge is -2.35. The smallest absolute Gasteiger partial charge is 0.337 e. The van der Waals surface area contributed by atoms with Crippen molar-refractivity contribution < 1.29 is 75.5 Å². The van der Waals surface area contributed by atoms with Gasteiger partial charge >= 0.3 is 17.9 Å². The lowest BCUT2D eigenvalue weighted by atomic mass is 9.83. The van der Waals surface area contributed by atoms with Crippen molar-refractivity contribution >= 4 is 36.2 Å². The predicted molar refractivity (Wildman–Crippen MR) is 257 cm³/mol. The van der Waals surface area contributed by atoms with Crippen molar-refractivity contribution in [1.82, 2.24) is 19.9 Å². The van der Waals surface area contributed by atoms with Gasteiger partial charge in [-0.05, 0) is 44.1 Å². The Morgan fingerprint density at radius 2 is 1.62 bits per heavy atom. The number of ether oxygens (including phenoxy) is 7. The minimum Gasteiger partial charge on any atom is -0.462 e. The molecule has 12 atom stereocenters. The fourth-order valence-electron chi connectivity index (χ4n) is 8.57. The van der Waals surface area contributed by atoms with Crippen LogP contribution in [0.3, 0.4) is 0 Å². The topological polar surface area (TPSA) is 252 Å². The van der Waals surface area contributed by atoms with Crippen molar-refractivity contribution in [2.45, 2.75) is 148 Å². The second kappa shape index (κ2) is 29.1. The van der Waals surface area contributed by atoms with E-state index in [2.05, 4.69) is 15.0 Å². The average molecular weight is 999 g/mol. The van der Waals surface area contributed by atoms with Gasteiger partial charge < -0.3 is 56.4 Å². The molecular formula is C51H74N4O16. The molecule has 0 spiro atoms. The van der Waals surface area contributed by atoms with Gasteiger partial charge in [0.15, 0.2) is 17.5 Å². The molecule has 0 saturated carbocycles. The highest BCUT2D eigenvalue weighted by atomic mass is 16.6. The number of methoxy groups -OCH3 is 4. The normalized spacial score (nSPS) is 23.2. The summed E-state index contributed by atoms with van der Waals surface area (Å²) in [4.78, 5) is 78.8. The highest BCUT2D eigenvalue weighted by Crippen LogP contribution is 2.32. The van der Waals surface area contributed by atoms with Crippen molar-refractivity contribution in [3.63, 3.8) is 0 Å². The van der Waals surface area contributed by atoms with Crippen molar-refractivity contribution in [3.8, 4) is 23.2 Å². The molecule has 0 saturated heterocycles. The number of aliphatic hydroxyl groups excluding tert-OH is 1. The van der Waals surface area contributed by atoms with E-state index >= 15 is 0 Å². The summed E-state index contributed by atoms with van der Waals surface area (Å²) in [6.07, 6.45) is 8.42. The number of fused-ring (bicyclic) bond motifs is 8. The van der Waals surface area contributed by atoms with Gasteiger partial charge in [0.1, 0.15) is 42.9 Å². The lowest BCUT2D eigenvalue weighted by molar-refractivity contribution is -0.173. The number of cyclic esters (lactones) is 1. The van der Waals surface area contributed by atoms with Crippen molar-refractivity contribution in [2.75, 3.05) is 42.1 Å². The largest absolute Gasteiger partial charge is 0.462 e. The number of esters is 3. The number of aromatic nitrogens is 3. The van der Waals surface area contributed by atoms with E-state index in [0.29, 0.717) is 49.2 Å². The van der Waals surface area contributed by atoms with E-state index in [9.17, 15) is 29.1 Å². The molecular weight excluding hydrogens is 925 g/mol. The molecule has 0 radical (unpaired) electrons. The van der Waals surface area contributed by atoms with E-state index < -0.39 is 78.4 Å². The molecule has 3 aromatic rings. The summed E-state index contributed by atoms with van der Waals surface area (Å²) in [6, 6.07) is 0. The molecule has 1 aliphatic heterocycles. The Morgan fingerprint density at radius 1 is 0.915 bits per heavy atom. The van der Waals surface area contributed by atoms with Crippen LogP contribution >= 0.6 is 0 Å². The van der Waals surface area contributed by atoms with Crippen LogP contribution in [-0.2, 0) is 57.1 Å². The summed E-state index contributed by atoms with van der Waals surface area (Å²) in [5, 5.41) is 11.0. The van der Waals surface area contributed by atoms with Crippen LogP contribution in [0.4, 0.5) is 0 Å². The van der Waals surface area contributed by atoms with E-state index in [-0.39, 0.29) is 74.0 Å². The van der Waals surface area contributed by atoms with E-state index in [1.807, 2.05) is 40.7 Å². The molecule has 4 rings (SSSR count). The number of hydrogen-bond donors (Lipinski definition) is 1. The third-order valence-corrected chi connectivity index (χ3v) is 13.0. The molecule has 4 heterocycles. The maximum atomic E-state index is 13.7. The number of oxazole rings is 3. The summed E-state index contributed by atoms with van der Waals surface area (Å²) in [6.45, 7) is 10.7. The molecule has 0 fully saturated rings. The molecule has 12 unspecified atom stereocenters. The van der Waals surface area contributed by atoms with Gasteiger partial charge in [-0.1, -0.05) is 46.8 Å². The zero-order chi connectivity index (χ0) is 52.2. The van der Waals surface area contributed by atoms with Gasteiger partial charge in [0.2, 0.25) is 24.1 Å². The highest BCUT2D eigenvalue weighted by molar-refractivity contribution is 5.79.